The third-order valence-electron chi connectivity index (χ3n) is 4.16. The molecule has 0 aromatic heterocycles. The number of nitrogens with zero attached hydrogens (tertiary/aromatic N) is 1. The van der Waals surface area contributed by atoms with Crippen LogP contribution in [-0.4, -0.2) is 17.1 Å². The van der Waals surface area contributed by atoms with Crippen LogP contribution in [0.4, 0.5) is 0 Å². The van der Waals surface area contributed by atoms with Crippen molar-refractivity contribution in [3.05, 3.63) is 63.1 Å². The number of phenolic OH excluding ortho intramolecular Hbond substituents is 1. The summed E-state index contributed by atoms with van der Waals surface area (Å²) in [4.78, 5) is 2.24. The highest BCUT2D eigenvalue weighted by Gasteiger charge is 2.26. The van der Waals surface area contributed by atoms with Crippen LogP contribution in [0.5, 0.6) is 5.75 Å². The number of phenols is 1. The Kier molecular flexibility index (Phi) is 4.12. The van der Waals surface area contributed by atoms with Crippen molar-refractivity contribution < 1.29 is 5.11 Å². The van der Waals surface area contributed by atoms with Gasteiger partial charge in [0, 0.05) is 23.2 Å². The van der Waals surface area contributed by atoms with Crippen LogP contribution in [0.2, 0.25) is 10.0 Å². The fourth-order valence-corrected chi connectivity index (χ4v) is 3.65. The minimum absolute atomic E-state index is 0.124. The number of fused-ring (bicyclic) bond motifs is 1. The van der Waals surface area contributed by atoms with Crippen molar-refractivity contribution in [1.29, 1.82) is 0 Å². The van der Waals surface area contributed by atoms with Gasteiger partial charge < -0.3 is 5.11 Å². The molecule has 110 valence electrons. The number of hydrogen-bond donors (Lipinski definition) is 1. The first-order chi connectivity index (χ1) is 10.1. The monoisotopic (exact) mass is 321 g/mol. The van der Waals surface area contributed by atoms with E-state index in [0.717, 1.165) is 18.4 Å². The third kappa shape index (κ3) is 2.89. The molecule has 2 aromatic rings. The second-order valence-electron chi connectivity index (χ2n) is 5.56. The molecule has 0 saturated heterocycles. The molecule has 1 unspecified atom stereocenters. The fraction of sp³-hybridized carbons (Fsp3) is 0.294. The molecule has 0 saturated carbocycles. The Hall–Kier alpha value is -1.22. The van der Waals surface area contributed by atoms with Crippen LogP contribution in [0.1, 0.15) is 29.2 Å². The van der Waals surface area contributed by atoms with Crippen molar-refractivity contribution >= 4 is 23.2 Å². The molecule has 0 spiro atoms. The molecule has 2 nitrogen and oxygen atoms in total. The van der Waals surface area contributed by atoms with E-state index < -0.39 is 0 Å². The quantitative estimate of drug-likeness (QED) is 0.876. The molecule has 0 radical (unpaired) electrons. The Morgan fingerprint density at radius 3 is 2.81 bits per heavy atom. The summed E-state index contributed by atoms with van der Waals surface area (Å²) < 4.78 is 0. The molecule has 2 aromatic carbocycles. The van der Waals surface area contributed by atoms with Crippen LogP contribution < -0.4 is 0 Å². The molecule has 4 heteroatoms. The second kappa shape index (κ2) is 5.88. The molecule has 0 bridgehead atoms. The largest absolute Gasteiger partial charge is 0.506 e. The van der Waals surface area contributed by atoms with Crippen LogP contribution in [0.25, 0.3) is 0 Å². The molecule has 1 aliphatic rings. The molecule has 1 atom stereocenters. The summed E-state index contributed by atoms with van der Waals surface area (Å²) in [5.41, 5.74) is 3.56. The molecule has 3 rings (SSSR count). The molecule has 0 heterocycles. The van der Waals surface area contributed by atoms with Crippen LogP contribution in [0.3, 0.4) is 0 Å². The first kappa shape index (κ1) is 14.7. The summed E-state index contributed by atoms with van der Waals surface area (Å²) in [5, 5.41) is 10.9. The Morgan fingerprint density at radius 1 is 1.24 bits per heavy atom. The SMILES string of the molecule is CN(Cc1cc(Cl)cc(Cl)c1O)C1CCc2ccccc21. The third-order valence-corrected chi connectivity index (χ3v) is 4.67. The van der Waals surface area contributed by atoms with E-state index in [-0.39, 0.29) is 5.75 Å². The van der Waals surface area contributed by atoms with Gasteiger partial charge in [-0.15, -0.1) is 0 Å². The van der Waals surface area contributed by atoms with Gasteiger partial charge in [0.25, 0.3) is 0 Å². The summed E-state index contributed by atoms with van der Waals surface area (Å²) in [5.74, 6) is 0.124. The van der Waals surface area contributed by atoms with Gasteiger partial charge in [-0.3, -0.25) is 4.90 Å². The number of halogens is 2. The highest BCUT2D eigenvalue weighted by molar-refractivity contribution is 6.35. The molecule has 0 fully saturated rings. The Bertz CT molecular complexity index is 672. The van der Waals surface area contributed by atoms with Crippen LogP contribution in [0.15, 0.2) is 36.4 Å². The fourth-order valence-electron chi connectivity index (χ4n) is 3.11. The lowest BCUT2D eigenvalue weighted by Gasteiger charge is -2.25. The first-order valence-corrected chi connectivity index (χ1v) is 7.77. The number of benzene rings is 2. The Morgan fingerprint density at radius 2 is 2.00 bits per heavy atom. The maximum Gasteiger partial charge on any atom is 0.138 e. The summed E-state index contributed by atoms with van der Waals surface area (Å²) >= 11 is 12.0. The molecule has 1 aliphatic carbocycles. The average molecular weight is 322 g/mol. The minimum atomic E-state index is 0.124. The van der Waals surface area contributed by atoms with Gasteiger partial charge in [-0.1, -0.05) is 47.5 Å². The lowest BCUT2D eigenvalue weighted by atomic mass is 10.1. The van der Waals surface area contributed by atoms with Crippen molar-refractivity contribution in [3.63, 3.8) is 0 Å². The lowest BCUT2D eigenvalue weighted by Crippen LogP contribution is -2.22. The van der Waals surface area contributed by atoms with E-state index in [1.54, 1.807) is 12.1 Å². The number of rotatable bonds is 3. The van der Waals surface area contributed by atoms with Gasteiger partial charge in [-0.2, -0.15) is 0 Å². The van der Waals surface area contributed by atoms with Crippen molar-refractivity contribution in [2.24, 2.45) is 0 Å². The maximum atomic E-state index is 10.1. The van der Waals surface area contributed by atoms with Crippen LogP contribution >= 0.6 is 23.2 Å². The normalized spacial score (nSPS) is 17.2. The lowest BCUT2D eigenvalue weighted by molar-refractivity contribution is 0.233. The van der Waals surface area contributed by atoms with E-state index in [4.69, 9.17) is 23.2 Å². The summed E-state index contributed by atoms with van der Waals surface area (Å²) in [6, 6.07) is 12.3. The molecule has 0 aliphatic heterocycles. The zero-order chi connectivity index (χ0) is 15.0. The van der Waals surface area contributed by atoms with Gasteiger partial charge in [0.1, 0.15) is 5.75 Å². The second-order valence-corrected chi connectivity index (χ2v) is 6.41. The molecular weight excluding hydrogens is 305 g/mol. The Balaban J connectivity index is 1.84. The van der Waals surface area contributed by atoms with E-state index in [1.807, 2.05) is 0 Å². The summed E-state index contributed by atoms with van der Waals surface area (Å²) in [6.45, 7) is 0.616. The van der Waals surface area contributed by atoms with Crippen LogP contribution in [-0.2, 0) is 13.0 Å². The highest BCUT2D eigenvalue weighted by Crippen LogP contribution is 2.37. The molecule has 0 amide bonds. The van der Waals surface area contributed by atoms with Crippen molar-refractivity contribution in [1.82, 2.24) is 4.90 Å². The van der Waals surface area contributed by atoms with Gasteiger partial charge in [-0.25, -0.2) is 0 Å². The van der Waals surface area contributed by atoms with Crippen molar-refractivity contribution in [2.45, 2.75) is 25.4 Å². The smallest absolute Gasteiger partial charge is 0.138 e. The highest BCUT2D eigenvalue weighted by atomic mass is 35.5. The maximum absolute atomic E-state index is 10.1. The van der Waals surface area contributed by atoms with E-state index in [9.17, 15) is 5.11 Å². The zero-order valence-electron chi connectivity index (χ0n) is 11.8. The van der Waals surface area contributed by atoms with E-state index in [2.05, 4.69) is 36.2 Å². The number of aryl methyl sites for hydroxylation is 1. The average Bonchev–Trinajstić information content (AvgIpc) is 2.88. The van der Waals surface area contributed by atoms with E-state index in [1.165, 1.54) is 11.1 Å². The predicted molar refractivity (Wildman–Crippen MR) is 87.1 cm³/mol. The summed E-state index contributed by atoms with van der Waals surface area (Å²) in [6.07, 6.45) is 2.21. The predicted octanol–water partition coefficient (Wildman–Crippen LogP) is 4.82. The number of aromatic hydroxyl groups is 1. The van der Waals surface area contributed by atoms with Crippen molar-refractivity contribution in [2.75, 3.05) is 7.05 Å². The molecule has 21 heavy (non-hydrogen) atoms. The minimum Gasteiger partial charge on any atom is -0.506 e. The molecular formula is C17H17Cl2NO. The van der Waals surface area contributed by atoms with E-state index in [0.29, 0.717) is 22.6 Å². The molecule has 1 N–H and O–H groups in total. The van der Waals surface area contributed by atoms with Crippen LogP contribution in [0, 0.1) is 0 Å². The Labute approximate surface area is 134 Å². The summed E-state index contributed by atoms with van der Waals surface area (Å²) in [7, 11) is 2.07. The van der Waals surface area contributed by atoms with Gasteiger partial charge in [0.2, 0.25) is 0 Å². The van der Waals surface area contributed by atoms with Gasteiger partial charge in [-0.05, 0) is 43.1 Å². The van der Waals surface area contributed by atoms with Gasteiger partial charge >= 0.3 is 0 Å². The van der Waals surface area contributed by atoms with Crippen molar-refractivity contribution in [3.8, 4) is 5.75 Å². The van der Waals surface area contributed by atoms with Gasteiger partial charge in [0.05, 0.1) is 5.02 Å². The number of hydrogen-bond acceptors (Lipinski definition) is 2. The van der Waals surface area contributed by atoms with E-state index >= 15 is 0 Å². The topological polar surface area (TPSA) is 23.5 Å². The first-order valence-electron chi connectivity index (χ1n) is 7.01. The van der Waals surface area contributed by atoms with Gasteiger partial charge in [0.15, 0.2) is 0 Å². The zero-order valence-corrected chi connectivity index (χ0v) is 13.3. The standard InChI is InChI=1S/C17H17Cl2NO/c1-20(10-12-8-13(18)9-15(19)17(12)21)16-7-6-11-4-2-3-5-14(11)16/h2-5,8-9,16,21H,6-7,10H2,1H3.